The van der Waals surface area contributed by atoms with Crippen molar-refractivity contribution >= 4 is 11.9 Å². The second-order valence-electron chi connectivity index (χ2n) is 7.16. The van der Waals surface area contributed by atoms with Crippen molar-refractivity contribution in [3.8, 4) is 5.75 Å². The Kier molecular flexibility index (Phi) is 4.88. The van der Waals surface area contributed by atoms with E-state index in [0.29, 0.717) is 31.9 Å². The Hall–Kier alpha value is -2.39. The molecule has 3 fully saturated rings. The van der Waals surface area contributed by atoms with Gasteiger partial charge in [0.05, 0.1) is 24.9 Å². The van der Waals surface area contributed by atoms with E-state index in [1.54, 1.807) is 18.1 Å². The van der Waals surface area contributed by atoms with Gasteiger partial charge in [-0.1, -0.05) is 0 Å². The number of ether oxygens (including phenoxy) is 3. The molecule has 0 spiro atoms. The van der Waals surface area contributed by atoms with Gasteiger partial charge in [0.1, 0.15) is 24.0 Å². The van der Waals surface area contributed by atoms with E-state index in [0.717, 1.165) is 5.69 Å². The molecule has 9 nitrogen and oxygen atoms in total. The molecule has 3 amide bonds. The van der Waals surface area contributed by atoms with Crippen molar-refractivity contribution in [3.63, 3.8) is 0 Å². The Balaban J connectivity index is 1.32. The van der Waals surface area contributed by atoms with Crippen molar-refractivity contribution in [3.05, 3.63) is 24.0 Å². The third-order valence-electron chi connectivity index (χ3n) is 5.29. The average Bonchev–Trinajstić information content (AvgIpc) is 3.31. The fourth-order valence-electron chi connectivity index (χ4n) is 3.77. The zero-order valence-corrected chi connectivity index (χ0v) is 15.4. The molecular weight excluding hydrogens is 352 g/mol. The topological polar surface area (TPSA) is 102 Å². The second kappa shape index (κ2) is 7.32. The number of urea groups is 1. The summed E-state index contributed by atoms with van der Waals surface area (Å²) in [4.78, 5) is 30.0. The number of aromatic nitrogens is 1. The van der Waals surface area contributed by atoms with Crippen molar-refractivity contribution in [1.29, 1.82) is 0 Å². The number of pyridine rings is 1. The van der Waals surface area contributed by atoms with Gasteiger partial charge in [-0.25, -0.2) is 4.79 Å². The molecule has 0 aliphatic carbocycles. The maximum absolute atomic E-state index is 12.3. The predicted molar refractivity (Wildman–Crippen MR) is 94.4 cm³/mol. The zero-order valence-electron chi connectivity index (χ0n) is 15.4. The molecule has 3 aliphatic rings. The predicted octanol–water partition coefficient (Wildman–Crippen LogP) is -0.166. The van der Waals surface area contributed by atoms with Crippen LogP contribution in [0.3, 0.4) is 0 Å². The minimum Gasteiger partial charge on any atom is -0.483 e. The molecule has 0 aromatic carbocycles. The number of likely N-dealkylation sites (N-methyl/N-ethyl adjacent to an activating group) is 1. The number of aryl methyl sites for hydroxylation is 1. The highest BCUT2D eigenvalue weighted by molar-refractivity contribution is 5.88. The van der Waals surface area contributed by atoms with Crippen LogP contribution in [0, 0.1) is 6.92 Å². The number of carbonyl (C=O) groups excluding carboxylic acids is 2. The van der Waals surface area contributed by atoms with Gasteiger partial charge in [-0.3, -0.25) is 9.78 Å². The number of hydrogen-bond acceptors (Lipinski definition) is 6. The quantitative estimate of drug-likeness (QED) is 0.757. The van der Waals surface area contributed by atoms with Gasteiger partial charge in [0.25, 0.3) is 0 Å². The van der Waals surface area contributed by atoms with Crippen molar-refractivity contribution in [2.75, 3.05) is 26.8 Å². The Bertz CT molecular complexity index is 729. The van der Waals surface area contributed by atoms with Crippen LogP contribution in [-0.2, 0) is 14.3 Å². The second-order valence-corrected chi connectivity index (χ2v) is 7.16. The van der Waals surface area contributed by atoms with Crippen molar-refractivity contribution in [2.24, 2.45) is 0 Å². The fourth-order valence-corrected chi connectivity index (χ4v) is 3.77. The molecule has 2 N–H and O–H groups in total. The molecule has 1 aromatic heterocycles. The molecule has 27 heavy (non-hydrogen) atoms. The maximum Gasteiger partial charge on any atom is 0.315 e. The number of fused-ring (bicyclic) bond motifs is 1. The minimum absolute atomic E-state index is 0.0666. The summed E-state index contributed by atoms with van der Waals surface area (Å²) >= 11 is 0. The first kappa shape index (κ1) is 18.0. The molecule has 3 saturated heterocycles. The summed E-state index contributed by atoms with van der Waals surface area (Å²) in [5.41, 5.74) is 0.805. The summed E-state index contributed by atoms with van der Waals surface area (Å²) in [6.07, 6.45) is 1.55. The van der Waals surface area contributed by atoms with E-state index in [1.807, 2.05) is 19.1 Å². The van der Waals surface area contributed by atoms with E-state index < -0.39 is 6.04 Å². The molecule has 146 valence electrons. The van der Waals surface area contributed by atoms with Crippen LogP contribution < -0.4 is 15.4 Å². The number of amides is 3. The first-order valence-corrected chi connectivity index (χ1v) is 9.16. The highest BCUT2D eigenvalue weighted by Gasteiger charge is 2.49. The van der Waals surface area contributed by atoms with Crippen LogP contribution in [0.4, 0.5) is 4.79 Å². The van der Waals surface area contributed by atoms with Crippen LogP contribution in [0.25, 0.3) is 0 Å². The summed E-state index contributed by atoms with van der Waals surface area (Å²) in [6.45, 7) is 3.26. The molecule has 4 rings (SSSR count). The first-order valence-electron chi connectivity index (χ1n) is 9.16. The molecule has 5 atom stereocenters. The number of rotatable bonds is 4. The van der Waals surface area contributed by atoms with E-state index in [2.05, 4.69) is 15.6 Å². The highest BCUT2D eigenvalue weighted by atomic mass is 16.6. The maximum atomic E-state index is 12.3. The fraction of sp³-hybridized carbons (Fsp3) is 0.611. The van der Waals surface area contributed by atoms with Crippen molar-refractivity contribution < 1.29 is 23.8 Å². The Morgan fingerprint density at radius 3 is 2.85 bits per heavy atom. The normalized spacial score (nSPS) is 32.4. The van der Waals surface area contributed by atoms with Crippen molar-refractivity contribution in [2.45, 2.75) is 43.7 Å². The van der Waals surface area contributed by atoms with E-state index in [9.17, 15) is 9.59 Å². The number of hydrogen-bond donors (Lipinski definition) is 2. The van der Waals surface area contributed by atoms with Crippen molar-refractivity contribution in [1.82, 2.24) is 20.5 Å². The SMILES string of the molecule is Cc1ncccc1O[C@H]1CO[C@H]2[C@@H]1OC[C@@H]2NC(=O)NC1CCN(C)C1=O. The van der Waals surface area contributed by atoms with Crippen LogP contribution >= 0.6 is 0 Å². The molecular formula is C18H24N4O5. The Morgan fingerprint density at radius 2 is 2.11 bits per heavy atom. The lowest BCUT2D eigenvalue weighted by Crippen LogP contribution is -2.52. The number of carbonyl (C=O) groups is 2. The molecule has 0 bridgehead atoms. The highest BCUT2D eigenvalue weighted by Crippen LogP contribution is 2.30. The monoisotopic (exact) mass is 376 g/mol. The molecule has 0 saturated carbocycles. The Labute approximate surface area is 157 Å². The minimum atomic E-state index is -0.470. The van der Waals surface area contributed by atoms with Gasteiger partial charge in [0.2, 0.25) is 5.91 Å². The van der Waals surface area contributed by atoms with Gasteiger partial charge in [-0.05, 0) is 25.5 Å². The van der Waals surface area contributed by atoms with E-state index in [1.165, 1.54) is 0 Å². The summed E-state index contributed by atoms with van der Waals surface area (Å²) in [5.74, 6) is 0.636. The smallest absolute Gasteiger partial charge is 0.315 e. The molecule has 0 radical (unpaired) electrons. The van der Waals surface area contributed by atoms with Gasteiger partial charge in [-0.15, -0.1) is 0 Å². The van der Waals surface area contributed by atoms with Crippen LogP contribution in [0.1, 0.15) is 12.1 Å². The third kappa shape index (κ3) is 3.57. The molecule has 1 unspecified atom stereocenters. The van der Waals surface area contributed by atoms with Crippen LogP contribution in [0.15, 0.2) is 18.3 Å². The number of nitrogens with one attached hydrogen (secondary N) is 2. The van der Waals surface area contributed by atoms with E-state index >= 15 is 0 Å². The van der Waals surface area contributed by atoms with E-state index in [4.69, 9.17) is 14.2 Å². The van der Waals surface area contributed by atoms with Crippen LogP contribution in [-0.4, -0.2) is 79.0 Å². The lowest BCUT2D eigenvalue weighted by atomic mass is 10.1. The van der Waals surface area contributed by atoms with Gasteiger partial charge in [-0.2, -0.15) is 0 Å². The molecule has 3 aliphatic heterocycles. The summed E-state index contributed by atoms with van der Waals surface area (Å²) in [6, 6.07) is 2.55. The van der Waals surface area contributed by atoms with Gasteiger partial charge >= 0.3 is 6.03 Å². The summed E-state index contributed by atoms with van der Waals surface area (Å²) < 4.78 is 17.7. The number of nitrogens with zero attached hydrogens (tertiary/aromatic N) is 2. The van der Waals surface area contributed by atoms with E-state index in [-0.39, 0.29) is 36.3 Å². The lowest BCUT2D eigenvalue weighted by molar-refractivity contribution is -0.128. The van der Waals surface area contributed by atoms with Crippen LogP contribution in [0.2, 0.25) is 0 Å². The lowest BCUT2D eigenvalue weighted by Gasteiger charge is -2.20. The van der Waals surface area contributed by atoms with Gasteiger partial charge < -0.3 is 29.7 Å². The van der Waals surface area contributed by atoms with Gasteiger partial charge in [0.15, 0.2) is 6.10 Å². The number of likely N-dealkylation sites (tertiary alicyclic amines) is 1. The summed E-state index contributed by atoms with van der Waals surface area (Å²) in [5, 5.41) is 5.60. The average molecular weight is 376 g/mol. The Morgan fingerprint density at radius 1 is 1.30 bits per heavy atom. The van der Waals surface area contributed by atoms with Crippen LogP contribution in [0.5, 0.6) is 5.75 Å². The third-order valence-corrected chi connectivity index (χ3v) is 5.29. The first-order chi connectivity index (χ1) is 13.0. The largest absolute Gasteiger partial charge is 0.483 e. The van der Waals surface area contributed by atoms with Gasteiger partial charge in [0, 0.05) is 19.8 Å². The zero-order chi connectivity index (χ0) is 19.0. The molecule has 1 aromatic rings. The molecule has 9 heteroatoms. The molecule has 4 heterocycles. The standard InChI is InChI=1S/C18H24N4O5/c1-10-13(4-3-6-19-10)27-14-9-26-15-12(8-25-16(14)15)21-18(24)20-11-5-7-22(2)17(11)23/h3-4,6,11-12,14-16H,5,7-9H2,1-2H3,(H2,20,21,24)/t11?,12-,14-,15+,16+/m0/s1. The summed E-state index contributed by atoms with van der Waals surface area (Å²) in [7, 11) is 1.73.